The smallest absolute Gasteiger partial charge is 0.196 e. The van der Waals surface area contributed by atoms with Crippen molar-refractivity contribution in [2.45, 2.75) is 19.4 Å². The van der Waals surface area contributed by atoms with Gasteiger partial charge in [0.2, 0.25) is 0 Å². The summed E-state index contributed by atoms with van der Waals surface area (Å²) in [6.45, 7) is 2.44. The molecule has 0 amide bonds. The number of furan rings is 2. The highest BCUT2D eigenvalue weighted by Crippen LogP contribution is 2.32. The van der Waals surface area contributed by atoms with E-state index in [0.29, 0.717) is 32.3 Å². The Hall–Kier alpha value is -3.35. The zero-order chi connectivity index (χ0) is 19.0. The second kappa shape index (κ2) is 9.03. The summed E-state index contributed by atoms with van der Waals surface area (Å²) in [5, 5.41) is 6.65. The zero-order valence-corrected chi connectivity index (χ0v) is 15.5. The van der Waals surface area contributed by atoms with Crippen LogP contribution in [0.4, 0.5) is 5.69 Å². The third kappa shape index (κ3) is 4.88. The Balaban J connectivity index is 1.44. The summed E-state index contributed by atoms with van der Waals surface area (Å²) in [5.74, 6) is 3.88. The Morgan fingerprint density at radius 2 is 1.71 bits per heavy atom. The quantitative estimate of drug-likeness (QED) is 0.499. The highest BCUT2D eigenvalue weighted by molar-refractivity contribution is 5.93. The van der Waals surface area contributed by atoms with E-state index in [9.17, 15) is 0 Å². The van der Waals surface area contributed by atoms with Crippen LogP contribution in [0.15, 0.2) is 68.8 Å². The van der Waals surface area contributed by atoms with Crippen LogP contribution in [0.5, 0.6) is 11.5 Å². The maximum Gasteiger partial charge on any atom is 0.196 e. The molecule has 0 bridgehead atoms. The van der Waals surface area contributed by atoms with Gasteiger partial charge in [0.15, 0.2) is 17.5 Å². The fourth-order valence-electron chi connectivity index (χ4n) is 2.84. The van der Waals surface area contributed by atoms with E-state index in [0.717, 1.165) is 41.5 Å². The number of nitrogens with zero attached hydrogens (tertiary/aromatic N) is 1. The molecule has 7 heteroatoms. The molecule has 0 unspecified atom stereocenters. The van der Waals surface area contributed by atoms with Crippen molar-refractivity contribution in [1.29, 1.82) is 0 Å². The third-order valence-electron chi connectivity index (χ3n) is 4.23. The third-order valence-corrected chi connectivity index (χ3v) is 4.23. The Kier molecular flexibility index (Phi) is 5.82. The first kappa shape index (κ1) is 18.0. The minimum atomic E-state index is 0.438. The van der Waals surface area contributed by atoms with E-state index in [1.807, 2.05) is 42.5 Å². The summed E-state index contributed by atoms with van der Waals surface area (Å²) in [4.78, 5) is 4.61. The fourth-order valence-corrected chi connectivity index (χ4v) is 2.84. The molecule has 3 heterocycles. The molecule has 0 spiro atoms. The van der Waals surface area contributed by atoms with E-state index in [-0.39, 0.29) is 0 Å². The number of rotatable bonds is 6. The number of nitrogens with one attached hydrogen (secondary N) is 2. The van der Waals surface area contributed by atoms with Crippen molar-refractivity contribution in [1.82, 2.24) is 5.32 Å². The predicted molar refractivity (Wildman–Crippen MR) is 106 cm³/mol. The van der Waals surface area contributed by atoms with Crippen molar-refractivity contribution < 1.29 is 18.3 Å². The van der Waals surface area contributed by atoms with E-state index in [1.165, 1.54) is 0 Å². The topological polar surface area (TPSA) is 81.2 Å². The number of hydrogen-bond acceptors (Lipinski definition) is 5. The lowest BCUT2D eigenvalue weighted by Gasteiger charge is -2.14. The SMILES string of the molecule is c1coc(CCNC(=NCc2ccco2)Nc2ccc3c(c2)OCCCO3)c1. The molecule has 2 aromatic heterocycles. The molecule has 3 aromatic rings. The van der Waals surface area contributed by atoms with Crippen LogP contribution in [-0.4, -0.2) is 25.7 Å². The number of benzene rings is 1. The minimum absolute atomic E-state index is 0.438. The van der Waals surface area contributed by atoms with Gasteiger partial charge < -0.3 is 28.9 Å². The normalized spacial score (nSPS) is 13.8. The van der Waals surface area contributed by atoms with Crippen LogP contribution in [-0.2, 0) is 13.0 Å². The van der Waals surface area contributed by atoms with Crippen molar-refractivity contribution >= 4 is 11.6 Å². The van der Waals surface area contributed by atoms with Crippen molar-refractivity contribution in [2.75, 3.05) is 25.1 Å². The average Bonchev–Trinajstić information content (AvgIpc) is 3.37. The maximum absolute atomic E-state index is 5.77. The highest BCUT2D eigenvalue weighted by Gasteiger charge is 2.11. The van der Waals surface area contributed by atoms with E-state index in [2.05, 4.69) is 15.6 Å². The summed E-state index contributed by atoms with van der Waals surface area (Å²) in [7, 11) is 0. The van der Waals surface area contributed by atoms with Crippen LogP contribution in [0.2, 0.25) is 0 Å². The molecule has 0 saturated heterocycles. The molecule has 146 valence electrons. The van der Waals surface area contributed by atoms with Crippen LogP contribution >= 0.6 is 0 Å². The molecule has 0 fully saturated rings. The molecular formula is C21H23N3O4. The van der Waals surface area contributed by atoms with Gasteiger partial charge in [-0.15, -0.1) is 0 Å². The highest BCUT2D eigenvalue weighted by atomic mass is 16.5. The van der Waals surface area contributed by atoms with Crippen molar-refractivity contribution in [3.8, 4) is 11.5 Å². The molecule has 2 N–H and O–H groups in total. The number of hydrogen-bond donors (Lipinski definition) is 2. The van der Waals surface area contributed by atoms with Gasteiger partial charge in [-0.05, 0) is 36.4 Å². The molecule has 1 aromatic carbocycles. The number of anilines is 1. The molecular weight excluding hydrogens is 358 g/mol. The molecule has 0 radical (unpaired) electrons. The van der Waals surface area contributed by atoms with Gasteiger partial charge in [-0.1, -0.05) is 0 Å². The van der Waals surface area contributed by atoms with Gasteiger partial charge in [-0.25, -0.2) is 4.99 Å². The van der Waals surface area contributed by atoms with Crippen molar-refractivity contribution in [3.63, 3.8) is 0 Å². The molecule has 1 aliphatic rings. The van der Waals surface area contributed by atoms with Crippen molar-refractivity contribution in [2.24, 2.45) is 4.99 Å². The van der Waals surface area contributed by atoms with Gasteiger partial charge in [-0.3, -0.25) is 0 Å². The molecule has 1 aliphatic heterocycles. The number of guanidine groups is 1. The van der Waals surface area contributed by atoms with Crippen LogP contribution in [0.25, 0.3) is 0 Å². The molecule has 28 heavy (non-hydrogen) atoms. The molecule has 0 saturated carbocycles. The van der Waals surface area contributed by atoms with Crippen LogP contribution < -0.4 is 20.1 Å². The predicted octanol–water partition coefficient (Wildman–Crippen LogP) is 3.83. The van der Waals surface area contributed by atoms with Crippen LogP contribution in [0.1, 0.15) is 17.9 Å². The Morgan fingerprint density at radius 1 is 0.929 bits per heavy atom. The average molecular weight is 381 g/mol. The van der Waals surface area contributed by atoms with Crippen molar-refractivity contribution in [3.05, 3.63) is 66.5 Å². The standard InChI is InChI=1S/C21H23N3O4/c1-4-17(25-10-1)8-9-22-21(23-15-18-5-2-11-26-18)24-16-6-7-19-20(14-16)28-13-3-12-27-19/h1-2,4-7,10-11,14H,3,8-9,12-13,15H2,(H2,22,23,24). The largest absolute Gasteiger partial charge is 0.490 e. The first-order chi connectivity index (χ1) is 13.9. The van der Waals surface area contributed by atoms with Gasteiger partial charge in [0.25, 0.3) is 0 Å². The lowest BCUT2D eigenvalue weighted by Crippen LogP contribution is -2.32. The van der Waals surface area contributed by atoms with E-state index in [4.69, 9.17) is 18.3 Å². The Morgan fingerprint density at radius 3 is 2.50 bits per heavy atom. The van der Waals surface area contributed by atoms with E-state index in [1.54, 1.807) is 12.5 Å². The van der Waals surface area contributed by atoms with E-state index >= 15 is 0 Å². The van der Waals surface area contributed by atoms with Gasteiger partial charge in [-0.2, -0.15) is 0 Å². The summed E-state index contributed by atoms with van der Waals surface area (Å²) < 4.78 is 22.2. The monoisotopic (exact) mass is 381 g/mol. The van der Waals surface area contributed by atoms with Crippen LogP contribution in [0.3, 0.4) is 0 Å². The zero-order valence-electron chi connectivity index (χ0n) is 15.5. The molecule has 7 nitrogen and oxygen atoms in total. The summed E-state index contributed by atoms with van der Waals surface area (Å²) in [6, 6.07) is 13.4. The summed E-state index contributed by atoms with van der Waals surface area (Å²) in [6.07, 6.45) is 4.96. The first-order valence-corrected chi connectivity index (χ1v) is 9.36. The maximum atomic E-state index is 5.77. The fraction of sp³-hybridized carbons (Fsp3) is 0.286. The van der Waals surface area contributed by atoms with Gasteiger partial charge in [0, 0.05) is 31.1 Å². The first-order valence-electron chi connectivity index (χ1n) is 9.36. The number of fused-ring (bicyclic) bond motifs is 1. The lowest BCUT2D eigenvalue weighted by molar-refractivity contribution is 0.297. The molecule has 0 aliphatic carbocycles. The minimum Gasteiger partial charge on any atom is -0.490 e. The van der Waals surface area contributed by atoms with Gasteiger partial charge >= 0.3 is 0 Å². The Labute approximate surface area is 163 Å². The molecule has 4 rings (SSSR count). The van der Waals surface area contributed by atoms with Crippen LogP contribution in [0, 0.1) is 0 Å². The second-order valence-electron chi connectivity index (χ2n) is 6.34. The number of ether oxygens (including phenoxy) is 2. The van der Waals surface area contributed by atoms with Gasteiger partial charge in [0.05, 0.1) is 25.7 Å². The molecule has 0 atom stereocenters. The number of aliphatic imine (C=N–C) groups is 1. The summed E-state index contributed by atoms with van der Waals surface area (Å²) >= 11 is 0. The summed E-state index contributed by atoms with van der Waals surface area (Å²) in [5.41, 5.74) is 0.868. The van der Waals surface area contributed by atoms with Gasteiger partial charge in [0.1, 0.15) is 18.1 Å². The second-order valence-corrected chi connectivity index (χ2v) is 6.34. The Bertz CT molecular complexity index is 889. The lowest BCUT2D eigenvalue weighted by atomic mass is 10.2. The van der Waals surface area contributed by atoms with E-state index < -0.39 is 0 Å².